The van der Waals surface area contributed by atoms with Crippen molar-refractivity contribution < 1.29 is 19.3 Å². The molecule has 3 aromatic rings. The van der Waals surface area contributed by atoms with E-state index in [9.17, 15) is 24.5 Å². The number of likely N-dealkylation sites (tertiary alicyclic amines) is 1. The number of nitrogens with one attached hydrogen (secondary N) is 1. The Morgan fingerprint density at radius 3 is 2.33 bits per heavy atom. The lowest BCUT2D eigenvalue weighted by atomic mass is 9.85. The van der Waals surface area contributed by atoms with E-state index in [2.05, 4.69) is 5.32 Å². The monoisotopic (exact) mass is 527 g/mol. The van der Waals surface area contributed by atoms with Crippen molar-refractivity contribution in [2.75, 3.05) is 36.5 Å². The molecule has 0 unspecified atom stereocenters. The van der Waals surface area contributed by atoms with Crippen molar-refractivity contribution >= 4 is 34.8 Å². The minimum atomic E-state index is -0.898. The van der Waals surface area contributed by atoms with Crippen LogP contribution in [0.3, 0.4) is 0 Å². The zero-order chi connectivity index (χ0) is 27.6. The Balaban J connectivity index is 1.33. The third-order valence-electron chi connectivity index (χ3n) is 7.43. The summed E-state index contributed by atoms with van der Waals surface area (Å²) in [5.41, 5.74) is 1.82. The van der Waals surface area contributed by atoms with E-state index in [1.807, 2.05) is 66.4 Å². The Morgan fingerprint density at radius 2 is 1.67 bits per heavy atom. The van der Waals surface area contributed by atoms with Gasteiger partial charge in [-0.25, -0.2) is 0 Å². The van der Waals surface area contributed by atoms with Crippen LogP contribution in [-0.2, 0) is 9.59 Å². The van der Waals surface area contributed by atoms with Gasteiger partial charge in [0, 0.05) is 42.2 Å². The number of para-hydroxylation sites is 1. The average Bonchev–Trinajstić information content (AvgIpc) is 3.21. The highest BCUT2D eigenvalue weighted by atomic mass is 16.6. The molecule has 0 radical (unpaired) electrons. The quantitative estimate of drug-likeness (QED) is 0.385. The van der Waals surface area contributed by atoms with Crippen LogP contribution in [0.5, 0.6) is 0 Å². The Labute approximate surface area is 226 Å². The summed E-state index contributed by atoms with van der Waals surface area (Å²) >= 11 is 0. The van der Waals surface area contributed by atoms with Crippen LogP contribution in [0.25, 0.3) is 0 Å². The highest BCUT2D eigenvalue weighted by Crippen LogP contribution is 2.39. The van der Waals surface area contributed by atoms with Crippen LogP contribution in [0.15, 0.2) is 78.9 Å². The van der Waals surface area contributed by atoms with Gasteiger partial charge in [-0.05, 0) is 50.1 Å². The number of carbonyl (C=O) groups excluding carboxylic acids is 3. The van der Waals surface area contributed by atoms with Gasteiger partial charge in [-0.3, -0.25) is 24.5 Å². The molecule has 2 aliphatic rings. The van der Waals surface area contributed by atoms with E-state index in [0.717, 1.165) is 11.3 Å². The maximum absolute atomic E-state index is 13.9. The molecular formula is C29H29N5O5. The minimum Gasteiger partial charge on any atom is -0.339 e. The van der Waals surface area contributed by atoms with Crippen LogP contribution >= 0.6 is 0 Å². The number of nitro groups is 1. The summed E-state index contributed by atoms with van der Waals surface area (Å²) in [5, 5.41) is 14.0. The predicted molar refractivity (Wildman–Crippen MR) is 146 cm³/mol. The van der Waals surface area contributed by atoms with Crippen molar-refractivity contribution in [2.45, 2.75) is 25.3 Å². The smallest absolute Gasteiger partial charge is 0.270 e. The number of non-ortho nitro benzene ring substituents is 1. The molecule has 10 heteroatoms. The number of nitro benzene ring substituents is 1. The molecule has 2 fully saturated rings. The number of benzene rings is 3. The summed E-state index contributed by atoms with van der Waals surface area (Å²) in [6, 6.07) is 22.7. The van der Waals surface area contributed by atoms with E-state index in [4.69, 9.17) is 0 Å². The van der Waals surface area contributed by atoms with Crippen molar-refractivity contribution in [2.24, 2.45) is 0 Å². The molecule has 2 saturated heterocycles. The lowest BCUT2D eigenvalue weighted by molar-refractivity contribution is -0.384. The van der Waals surface area contributed by atoms with Gasteiger partial charge in [-0.15, -0.1) is 0 Å². The number of carbonyl (C=O) groups is 3. The fourth-order valence-corrected chi connectivity index (χ4v) is 5.35. The van der Waals surface area contributed by atoms with Gasteiger partial charge in [0.2, 0.25) is 5.91 Å². The molecule has 0 aliphatic carbocycles. The molecule has 0 saturated carbocycles. The summed E-state index contributed by atoms with van der Waals surface area (Å²) in [5.74, 6) is -0.733. The summed E-state index contributed by atoms with van der Waals surface area (Å²) in [7, 11) is 0. The second kappa shape index (κ2) is 10.6. The number of anilines is 2. The first-order chi connectivity index (χ1) is 18.8. The van der Waals surface area contributed by atoms with Crippen LogP contribution in [0.1, 0.15) is 28.8 Å². The van der Waals surface area contributed by atoms with Crippen LogP contribution in [0.4, 0.5) is 17.1 Å². The Kier molecular flexibility index (Phi) is 7.02. The minimum absolute atomic E-state index is 0.0892. The van der Waals surface area contributed by atoms with E-state index >= 15 is 0 Å². The third-order valence-corrected chi connectivity index (χ3v) is 7.43. The predicted octanol–water partition coefficient (Wildman–Crippen LogP) is 3.82. The molecular weight excluding hydrogens is 498 g/mol. The number of rotatable bonds is 6. The van der Waals surface area contributed by atoms with Crippen LogP contribution in [-0.4, -0.2) is 64.3 Å². The maximum atomic E-state index is 13.9. The summed E-state index contributed by atoms with van der Waals surface area (Å²) in [4.78, 5) is 55.8. The highest BCUT2D eigenvalue weighted by Gasteiger charge is 2.54. The van der Waals surface area contributed by atoms with Gasteiger partial charge in [0.1, 0.15) is 12.1 Å². The lowest BCUT2D eigenvalue weighted by Gasteiger charge is -2.43. The first kappa shape index (κ1) is 25.9. The molecule has 0 atom stereocenters. The fourth-order valence-electron chi connectivity index (χ4n) is 5.35. The summed E-state index contributed by atoms with van der Waals surface area (Å²) < 4.78 is 0. The van der Waals surface area contributed by atoms with E-state index in [1.54, 1.807) is 15.9 Å². The molecule has 0 aromatic heterocycles. The summed E-state index contributed by atoms with van der Waals surface area (Å²) in [6.45, 7) is 2.74. The first-order valence-corrected chi connectivity index (χ1v) is 12.8. The van der Waals surface area contributed by atoms with E-state index < -0.39 is 10.5 Å². The molecule has 3 amide bonds. The largest absolute Gasteiger partial charge is 0.339 e. The van der Waals surface area contributed by atoms with Gasteiger partial charge in [0.05, 0.1) is 11.6 Å². The van der Waals surface area contributed by atoms with Gasteiger partial charge < -0.3 is 20.0 Å². The van der Waals surface area contributed by atoms with Crippen molar-refractivity contribution in [3.63, 3.8) is 0 Å². The van der Waals surface area contributed by atoms with Crippen molar-refractivity contribution in [3.8, 4) is 0 Å². The third kappa shape index (κ3) is 5.18. The number of amides is 3. The first-order valence-electron chi connectivity index (χ1n) is 12.8. The van der Waals surface area contributed by atoms with E-state index in [0.29, 0.717) is 31.6 Å². The second-order valence-corrected chi connectivity index (χ2v) is 9.95. The van der Waals surface area contributed by atoms with Gasteiger partial charge in [-0.1, -0.05) is 42.0 Å². The zero-order valence-electron chi connectivity index (χ0n) is 21.6. The lowest BCUT2D eigenvalue weighted by Crippen LogP contribution is -2.57. The molecule has 1 N–H and O–H groups in total. The zero-order valence-corrected chi connectivity index (χ0v) is 21.6. The number of aryl methyl sites for hydroxylation is 1. The second-order valence-electron chi connectivity index (χ2n) is 9.95. The molecule has 2 heterocycles. The van der Waals surface area contributed by atoms with Crippen LogP contribution in [0.2, 0.25) is 0 Å². The topological polar surface area (TPSA) is 116 Å². The number of piperidine rings is 1. The number of hydrogen-bond acceptors (Lipinski definition) is 6. The van der Waals surface area contributed by atoms with Crippen LogP contribution in [0, 0.1) is 17.0 Å². The summed E-state index contributed by atoms with van der Waals surface area (Å²) in [6.07, 6.45) is 0.745. The molecule has 39 heavy (non-hydrogen) atoms. The molecule has 5 rings (SSSR count). The van der Waals surface area contributed by atoms with Crippen molar-refractivity contribution in [3.05, 3.63) is 100 Å². The molecule has 0 bridgehead atoms. The maximum Gasteiger partial charge on any atom is 0.270 e. The molecule has 3 aromatic carbocycles. The van der Waals surface area contributed by atoms with Gasteiger partial charge in [0.15, 0.2) is 0 Å². The van der Waals surface area contributed by atoms with Gasteiger partial charge in [-0.2, -0.15) is 0 Å². The van der Waals surface area contributed by atoms with Crippen LogP contribution < -0.4 is 10.2 Å². The number of hydrogen-bond donors (Lipinski definition) is 1. The fraction of sp³-hybridized carbons (Fsp3) is 0.276. The van der Waals surface area contributed by atoms with E-state index in [-0.39, 0.29) is 42.2 Å². The van der Waals surface area contributed by atoms with E-state index in [1.165, 1.54) is 18.2 Å². The van der Waals surface area contributed by atoms with Crippen molar-refractivity contribution in [1.29, 1.82) is 0 Å². The molecule has 200 valence electrons. The SMILES string of the molecule is Cc1ccc(NC(=O)CN2CN(c3ccccc3)C3(CCN(C(=O)c4cccc([N+](=O)[O-])c4)CC3)C2=O)cc1. The molecule has 1 spiro atoms. The number of nitrogens with zero attached hydrogens (tertiary/aromatic N) is 4. The Bertz CT molecular complexity index is 1400. The average molecular weight is 528 g/mol. The van der Waals surface area contributed by atoms with Gasteiger partial charge >= 0.3 is 0 Å². The van der Waals surface area contributed by atoms with Gasteiger partial charge in [0.25, 0.3) is 17.5 Å². The normalized spacial score (nSPS) is 16.4. The Hall–Kier alpha value is -4.73. The molecule has 2 aliphatic heterocycles. The van der Waals surface area contributed by atoms with Crippen molar-refractivity contribution in [1.82, 2.24) is 9.80 Å². The Morgan fingerprint density at radius 1 is 0.974 bits per heavy atom. The molecule has 10 nitrogen and oxygen atoms in total. The standard InChI is InChI=1S/C29H29N5O5/c1-21-10-12-23(13-11-21)30-26(35)19-32-20-33(24-7-3-2-4-8-24)29(28(32)37)14-16-31(17-15-29)27(36)22-6-5-9-25(18-22)34(38)39/h2-13,18H,14-17,19-20H2,1H3,(H,30,35). The highest BCUT2D eigenvalue weighted by molar-refractivity contribution is 6.00.